The minimum atomic E-state index is -1.02. The van der Waals surface area contributed by atoms with E-state index in [2.05, 4.69) is 11.9 Å². The summed E-state index contributed by atoms with van der Waals surface area (Å²) >= 11 is 1.47. The van der Waals surface area contributed by atoms with Crippen molar-refractivity contribution in [1.29, 1.82) is 0 Å². The van der Waals surface area contributed by atoms with E-state index in [1.54, 1.807) is 0 Å². The van der Waals surface area contributed by atoms with Crippen LogP contribution in [-0.2, 0) is 9.59 Å². The van der Waals surface area contributed by atoms with Gasteiger partial charge in [-0.2, -0.15) is 11.8 Å². The number of thioether (sulfide) groups is 1. The van der Waals surface area contributed by atoms with Gasteiger partial charge in [0, 0.05) is 11.8 Å². The molecule has 1 unspecified atom stereocenters. The topological polar surface area (TPSA) is 66.4 Å². The Hall–Kier alpha value is -1.23. The molecule has 0 aromatic heterocycles. The second-order valence-electron chi connectivity index (χ2n) is 2.65. The first-order valence-corrected chi connectivity index (χ1v) is 5.67. The van der Waals surface area contributed by atoms with Crippen molar-refractivity contribution in [3.8, 4) is 0 Å². The molecule has 2 N–H and O–H groups in total. The number of aliphatic carboxylic acids is 1. The molecule has 0 saturated carbocycles. The van der Waals surface area contributed by atoms with E-state index in [4.69, 9.17) is 5.11 Å². The Bertz CT molecular complexity index is 263. The van der Waals surface area contributed by atoms with Gasteiger partial charge in [0.25, 0.3) is 0 Å². The van der Waals surface area contributed by atoms with Crippen molar-refractivity contribution in [2.24, 2.45) is 0 Å². The zero-order valence-corrected chi connectivity index (χ0v) is 9.42. The lowest BCUT2D eigenvalue weighted by molar-refractivity contribution is -0.140. The summed E-state index contributed by atoms with van der Waals surface area (Å²) in [5.74, 6) is -0.239. The quantitative estimate of drug-likeness (QED) is 0.506. The van der Waals surface area contributed by atoms with E-state index in [1.165, 1.54) is 30.0 Å². The monoisotopic (exact) mass is 229 g/mol. The number of carbonyl (C=O) groups is 2. The molecule has 0 aromatic carbocycles. The number of carbonyl (C=O) groups excluding carboxylic acids is 1. The molecule has 0 spiro atoms. The van der Waals surface area contributed by atoms with Crippen molar-refractivity contribution in [3.63, 3.8) is 0 Å². The molecular weight excluding hydrogens is 214 g/mol. The van der Waals surface area contributed by atoms with E-state index in [1.807, 2.05) is 6.92 Å². The Balaban J connectivity index is 4.15. The average Bonchev–Trinajstić information content (AvgIpc) is 2.20. The van der Waals surface area contributed by atoms with Crippen LogP contribution in [-0.4, -0.2) is 34.5 Å². The molecule has 0 saturated heterocycles. The molecule has 5 heteroatoms. The Morgan fingerprint density at radius 1 is 1.60 bits per heavy atom. The number of hydrogen-bond acceptors (Lipinski definition) is 3. The van der Waals surface area contributed by atoms with Crippen LogP contribution in [0.4, 0.5) is 0 Å². The maximum atomic E-state index is 11.2. The third kappa shape index (κ3) is 6.79. The van der Waals surface area contributed by atoms with Crippen LogP contribution in [0.3, 0.4) is 0 Å². The van der Waals surface area contributed by atoms with Gasteiger partial charge in [-0.1, -0.05) is 25.7 Å². The third-order valence-electron chi connectivity index (χ3n) is 1.49. The number of nitrogens with one attached hydrogen (secondary N) is 1. The van der Waals surface area contributed by atoms with Gasteiger partial charge in [-0.15, -0.1) is 0 Å². The number of carboxylic acids is 1. The largest absolute Gasteiger partial charge is 0.480 e. The summed E-state index contributed by atoms with van der Waals surface area (Å²) in [6, 6.07) is -0.836. The van der Waals surface area contributed by atoms with Crippen molar-refractivity contribution in [2.45, 2.75) is 13.0 Å². The van der Waals surface area contributed by atoms with Gasteiger partial charge in [-0.05, 0) is 5.75 Å². The van der Waals surface area contributed by atoms with E-state index >= 15 is 0 Å². The summed E-state index contributed by atoms with van der Waals surface area (Å²) in [4.78, 5) is 21.9. The molecule has 0 fully saturated rings. The molecule has 0 radical (unpaired) electrons. The lowest BCUT2D eigenvalue weighted by Crippen LogP contribution is -2.41. The van der Waals surface area contributed by atoms with Crippen LogP contribution < -0.4 is 5.32 Å². The third-order valence-corrected chi connectivity index (χ3v) is 2.46. The number of amides is 1. The highest BCUT2D eigenvalue weighted by molar-refractivity contribution is 7.99. The smallest absolute Gasteiger partial charge is 0.327 e. The summed E-state index contributed by atoms with van der Waals surface area (Å²) < 4.78 is 0. The molecule has 0 aliphatic rings. The van der Waals surface area contributed by atoms with Crippen LogP contribution in [0.15, 0.2) is 24.8 Å². The predicted octanol–water partition coefficient (Wildman–Crippen LogP) is 1.05. The first kappa shape index (κ1) is 13.8. The second kappa shape index (κ2) is 8.11. The van der Waals surface area contributed by atoms with Crippen LogP contribution in [0.5, 0.6) is 0 Å². The van der Waals surface area contributed by atoms with Crippen molar-refractivity contribution in [2.75, 3.05) is 11.5 Å². The molecule has 0 bridgehead atoms. The fourth-order valence-corrected chi connectivity index (χ4v) is 1.48. The molecule has 15 heavy (non-hydrogen) atoms. The van der Waals surface area contributed by atoms with Gasteiger partial charge < -0.3 is 10.4 Å². The number of allylic oxidation sites excluding steroid dienone is 2. The molecule has 0 aliphatic carbocycles. The highest BCUT2D eigenvalue weighted by atomic mass is 32.2. The Morgan fingerprint density at radius 2 is 2.27 bits per heavy atom. The van der Waals surface area contributed by atoms with Crippen molar-refractivity contribution >= 4 is 23.6 Å². The van der Waals surface area contributed by atoms with Gasteiger partial charge in [0.2, 0.25) is 5.91 Å². The van der Waals surface area contributed by atoms with E-state index < -0.39 is 17.9 Å². The number of rotatable bonds is 7. The fourth-order valence-electron chi connectivity index (χ4n) is 0.786. The van der Waals surface area contributed by atoms with Crippen LogP contribution >= 0.6 is 11.8 Å². The van der Waals surface area contributed by atoms with Crippen LogP contribution in [0.25, 0.3) is 0 Å². The van der Waals surface area contributed by atoms with Gasteiger partial charge in [0.1, 0.15) is 6.04 Å². The highest BCUT2D eigenvalue weighted by Crippen LogP contribution is 2.02. The van der Waals surface area contributed by atoms with E-state index in [0.29, 0.717) is 5.75 Å². The highest BCUT2D eigenvalue weighted by Gasteiger charge is 2.17. The molecule has 0 aliphatic heterocycles. The second-order valence-corrected chi connectivity index (χ2v) is 3.97. The van der Waals surface area contributed by atoms with Crippen LogP contribution in [0.1, 0.15) is 6.92 Å². The van der Waals surface area contributed by atoms with E-state index in [-0.39, 0.29) is 0 Å². The van der Waals surface area contributed by atoms with E-state index in [0.717, 1.165) is 5.75 Å². The molecule has 0 heterocycles. The molecule has 84 valence electrons. The first-order chi connectivity index (χ1) is 7.11. The SMILES string of the molecule is C=CC=CC(=O)NC(CSCC)C(=O)O. The summed E-state index contributed by atoms with van der Waals surface area (Å²) in [5.41, 5.74) is 0. The van der Waals surface area contributed by atoms with Crippen molar-refractivity contribution in [1.82, 2.24) is 5.32 Å². The molecule has 4 nitrogen and oxygen atoms in total. The number of carboxylic acid groups (broad SMARTS) is 1. The lowest BCUT2D eigenvalue weighted by atomic mass is 10.3. The fraction of sp³-hybridized carbons (Fsp3) is 0.400. The van der Waals surface area contributed by atoms with Gasteiger partial charge in [-0.25, -0.2) is 4.79 Å². The Kier molecular flexibility index (Phi) is 7.44. The molecule has 0 rings (SSSR count). The van der Waals surface area contributed by atoms with Crippen LogP contribution in [0, 0.1) is 0 Å². The Labute approximate surface area is 93.4 Å². The van der Waals surface area contributed by atoms with Gasteiger partial charge in [0.15, 0.2) is 0 Å². The molecular formula is C10H15NO3S. The summed E-state index contributed by atoms with van der Waals surface area (Å²) in [7, 11) is 0. The summed E-state index contributed by atoms with van der Waals surface area (Å²) in [5, 5.41) is 11.2. The molecule has 1 atom stereocenters. The average molecular weight is 229 g/mol. The van der Waals surface area contributed by atoms with Crippen LogP contribution in [0.2, 0.25) is 0 Å². The molecule has 1 amide bonds. The van der Waals surface area contributed by atoms with Gasteiger partial charge in [-0.3, -0.25) is 4.79 Å². The van der Waals surface area contributed by atoms with E-state index in [9.17, 15) is 9.59 Å². The number of hydrogen-bond donors (Lipinski definition) is 2. The zero-order chi connectivity index (χ0) is 11.7. The maximum absolute atomic E-state index is 11.2. The summed E-state index contributed by atoms with van der Waals surface area (Å²) in [6.45, 7) is 5.34. The van der Waals surface area contributed by atoms with Crippen molar-refractivity contribution in [3.05, 3.63) is 24.8 Å². The standard InChI is InChI=1S/C10H15NO3S/c1-3-5-6-9(12)11-8(10(13)14)7-15-4-2/h3,5-6,8H,1,4,7H2,2H3,(H,11,12)(H,13,14). The normalized spacial score (nSPS) is 12.3. The van der Waals surface area contributed by atoms with Crippen molar-refractivity contribution < 1.29 is 14.7 Å². The Morgan fingerprint density at radius 3 is 2.73 bits per heavy atom. The summed E-state index contributed by atoms with van der Waals surface area (Å²) in [6.07, 6.45) is 4.16. The minimum absolute atomic E-state index is 0.375. The maximum Gasteiger partial charge on any atom is 0.327 e. The minimum Gasteiger partial charge on any atom is -0.480 e. The predicted molar refractivity (Wildman–Crippen MR) is 61.9 cm³/mol. The van der Waals surface area contributed by atoms with Gasteiger partial charge >= 0.3 is 5.97 Å². The zero-order valence-electron chi connectivity index (χ0n) is 8.60. The first-order valence-electron chi connectivity index (χ1n) is 4.52. The lowest BCUT2D eigenvalue weighted by Gasteiger charge is -2.11. The molecule has 0 aromatic rings. The van der Waals surface area contributed by atoms with Gasteiger partial charge in [0.05, 0.1) is 0 Å².